The molecule has 0 amide bonds. The van der Waals surface area contributed by atoms with E-state index in [0.29, 0.717) is 4.88 Å². The Balaban J connectivity index is 2.78. The molecule has 12 heavy (non-hydrogen) atoms. The van der Waals surface area contributed by atoms with Crippen molar-refractivity contribution < 1.29 is 9.90 Å². The fourth-order valence-electron chi connectivity index (χ4n) is 0.656. The maximum atomic E-state index is 10.1. The predicted octanol–water partition coefficient (Wildman–Crippen LogP) is 1.72. The molecule has 1 rings (SSSR count). The van der Waals surface area contributed by atoms with E-state index in [1.807, 2.05) is 6.07 Å². The molecule has 60 valence electrons. The maximum absolute atomic E-state index is 10.1. The summed E-state index contributed by atoms with van der Waals surface area (Å²) in [6.45, 7) is 0. The van der Waals surface area contributed by atoms with Crippen LogP contribution in [-0.2, 0) is 4.79 Å². The van der Waals surface area contributed by atoms with Gasteiger partial charge in [-0.3, -0.25) is 0 Å². The van der Waals surface area contributed by atoms with E-state index in [2.05, 4.69) is 0 Å². The first kappa shape index (κ1) is 8.50. The van der Waals surface area contributed by atoms with Crippen LogP contribution in [0.4, 0.5) is 0 Å². The molecule has 0 saturated carbocycles. The lowest BCUT2D eigenvalue weighted by molar-refractivity contribution is -0.131. The quantitative estimate of drug-likeness (QED) is 0.703. The third kappa shape index (κ3) is 2.22. The number of rotatable bonds is 2. The summed E-state index contributed by atoms with van der Waals surface area (Å²) in [5, 5.41) is 16.7. The number of thiophene rings is 1. The minimum atomic E-state index is -0.984. The van der Waals surface area contributed by atoms with Crippen molar-refractivity contribution in [2.45, 2.75) is 0 Å². The van der Waals surface area contributed by atoms with Crippen molar-refractivity contribution in [3.05, 3.63) is 28.0 Å². The molecule has 0 aliphatic heterocycles. The van der Waals surface area contributed by atoms with Crippen LogP contribution in [0.25, 0.3) is 6.08 Å². The molecular weight excluding hydrogens is 174 g/mol. The van der Waals surface area contributed by atoms with Gasteiger partial charge in [0, 0.05) is 11.0 Å². The summed E-state index contributed by atoms with van der Waals surface area (Å²) >= 11 is 1.26. The standard InChI is InChI=1S/C8H5NO2S/c9-5-7-2-1-6(12-7)3-4-8(10)11/h1-4H,(H,10,11). The summed E-state index contributed by atoms with van der Waals surface area (Å²) in [6.07, 6.45) is 2.51. The monoisotopic (exact) mass is 179 g/mol. The lowest BCUT2D eigenvalue weighted by atomic mass is 10.4. The number of carboxylic acid groups (broad SMARTS) is 1. The largest absolute Gasteiger partial charge is 0.478 e. The van der Waals surface area contributed by atoms with E-state index in [0.717, 1.165) is 11.0 Å². The molecule has 1 N–H and O–H groups in total. The summed E-state index contributed by atoms with van der Waals surface area (Å²) in [4.78, 5) is 11.5. The Morgan fingerprint density at radius 2 is 2.42 bits per heavy atom. The summed E-state index contributed by atoms with van der Waals surface area (Å²) in [5.74, 6) is -0.984. The molecule has 0 saturated heterocycles. The second-order valence-corrected chi connectivity index (χ2v) is 3.10. The van der Waals surface area contributed by atoms with E-state index in [1.165, 1.54) is 17.4 Å². The number of hydrogen-bond acceptors (Lipinski definition) is 3. The highest BCUT2D eigenvalue weighted by molar-refractivity contribution is 7.13. The van der Waals surface area contributed by atoms with Crippen LogP contribution in [0, 0.1) is 11.3 Å². The zero-order valence-electron chi connectivity index (χ0n) is 6.02. The number of carbonyl (C=O) groups is 1. The normalized spacial score (nSPS) is 9.92. The molecule has 3 nitrogen and oxygen atoms in total. The minimum Gasteiger partial charge on any atom is -0.478 e. The lowest BCUT2D eigenvalue weighted by Gasteiger charge is -1.79. The maximum Gasteiger partial charge on any atom is 0.328 e. The van der Waals surface area contributed by atoms with Crippen LogP contribution >= 0.6 is 11.3 Å². The van der Waals surface area contributed by atoms with Gasteiger partial charge in [-0.05, 0) is 18.2 Å². The number of aliphatic carboxylic acids is 1. The summed E-state index contributed by atoms with van der Waals surface area (Å²) in [6, 6.07) is 5.34. The Morgan fingerprint density at radius 1 is 1.67 bits per heavy atom. The van der Waals surface area contributed by atoms with Crippen LogP contribution in [-0.4, -0.2) is 11.1 Å². The first-order valence-electron chi connectivity index (χ1n) is 3.13. The Hall–Kier alpha value is -1.60. The zero-order valence-corrected chi connectivity index (χ0v) is 6.84. The Morgan fingerprint density at radius 3 is 2.92 bits per heavy atom. The number of carboxylic acids is 1. The molecular formula is C8H5NO2S. The molecule has 1 heterocycles. The fourth-order valence-corrected chi connectivity index (χ4v) is 1.36. The molecule has 0 aliphatic rings. The van der Waals surface area contributed by atoms with Gasteiger partial charge in [0.25, 0.3) is 0 Å². The Labute approximate surface area is 73.2 Å². The molecule has 0 atom stereocenters. The van der Waals surface area contributed by atoms with Crippen LogP contribution in [0.3, 0.4) is 0 Å². The first-order chi connectivity index (χ1) is 5.72. The summed E-state index contributed by atoms with van der Waals surface area (Å²) in [7, 11) is 0. The molecule has 0 aromatic carbocycles. The van der Waals surface area contributed by atoms with Gasteiger partial charge >= 0.3 is 5.97 Å². The van der Waals surface area contributed by atoms with Gasteiger partial charge in [0.1, 0.15) is 10.9 Å². The SMILES string of the molecule is N#Cc1ccc(C=CC(=O)O)s1. The van der Waals surface area contributed by atoms with Gasteiger partial charge in [0.05, 0.1) is 0 Å². The molecule has 0 fully saturated rings. The average molecular weight is 179 g/mol. The highest BCUT2D eigenvalue weighted by atomic mass is 32.1. The van der Waals surface area contributed by atoms with Gasteiger partial charge in [-0.15, -0.1) is 11.3 Å². The summed E-state index contributed by atoms with van der Waals surface area (Å²) < 4.78 is 0. The number of hydrogen-bond donors (Lipinski definition) is 1. The molecule has 0 unspecified atom stereocenters. The van der Waals surface area contributed by atoms with E-state index >= 15 is 0 Å². The van der Waals surface area contributed by atoms with E-state index < -0.39 is 5.97 Å². The predicted molar refractivity (Wildman–Crippen MR) is 45.7 cm³/mol. The van der Waals surface area contributed by atoms with Gasteiger partial charge in [0.2, 0.25) is 0 Å². The fraction of sp³-hybridized carbons (Fsp3) is 0. The van der Waals surface area contributed by atoms with Crippen molar-refractivity contribution in [2.24, 2.45) is 0 Å². The van der Waals surface area contributed by atoms with E-state index in [9.17, 15) is 4.79 Å². The van der Waals surface area contributed by atoms with Gasteiger partial charge in [-0.1, -0.05) is 0 Å². The van der Waals surface area contributed by atoms with Crippen molar-refractivity contribution in [1.29, 1.82) is 5.26 Å². The molecule has 1 aromatic rings. The Bertz CT molecular complexity index is 359. The third-order valence-electron chi connectivity index (χ3n) is 1.13. The second kappa shape index (κ2) is 3.69. The van der Waals surface area contributed by atoms with Crippen molar-refractivity contribution >= 4 is 23.4 Å². The van der Waals surface area contributed by atoms with E-state index in [1.54, 1.807) is 12.1 Å². The molecule has 0 bridgehead atoms. The third-order valence-corrected chi connectivity index (χ3v) is 2.08. The van der Waals surface area contributed by atoms with Crippen molar-refractivity contribution in [1.82, 2.24) is 0 Å². The average Bonchev–Trinajstić information content (AvgIpc) is 2.48. The van der Waals surface area contributed by atoms with Crippen molar-refractivity contribution in [2.75, 3.05) is 0 Å². The van der Waals surface area contributed by atoms with Crippen LogP contribution in [0.1, 0.15) is 9.75 Å². The molecule has 1 aromatic heterocycles. The first-order valence-corrected chi connectivity index (χ1v) is 3.95. The van der Waals surface area contributed by atoms with Crippen LogP contribution < -0.4 is 0 Å². The highest BCUT2D eigenvalue weighted by Crippen LogP contribution is 2.16. The van der Waals surface area contributed by atoms with Gasteiger partial charge in [-0.2, -0.15) is 5.26 Å². The molecule has 4 heteroatoms. The minimum absolute atomic E-state index is 0.583. The lowest BCUT2D eigenvalue weighted by Crippen LogP contribution is -1.84. The van der Waals surface area contributed by atoms with E-state index in [4.69, 9.17) is 10.4 Å². The zero-order chi connectivity index (χ0) is 8.97. The molecule has 0 radical (unpaired) electrons. The van der Waals surface area contributed by atoms with Crippen molar-refractivity contribution in [3.63, 3.8) is 0 Å². The highest BCUT2D eigenvalue weighted by Gasteiger charge is 1.95. The van der Waals surface area contributed by atoms with Crippen LogP contribution in [0.5, 0.6) is 0 Å². The van der Waals surface area contributed by atoms with Gasteiger partial charge in [-0.25, -0.2) is 4.79 Å². The molecule has 0 aliphatic carbocycles. The van der Waals surface area contributed by atoms with Crippen LogP contribution in [0.15, 0.2) is 18.2 Å². The van der Waals surface area contributed by atoms with Crippen molar-refractivity contribution in [3.8, 4) is 6.07 Å². The van der Waals surface area contributed by atoms with Gasteiger partial charge in [0.15, 0.2) is 0 Å². The van der Waals surface area contributed by atoms with E-state index in [-0.39, 0.29) is 0 Å². The number of nitriles is 1. The summed E-state index contributed by atoms with van der Waals surface area (Å²) in [5.41, 5.74) is 0. The second-order valence-electron chi connectivity index (χ2n) is 1.99. The number of nitrogens with zero attached hydrogens (tertiary/aromatic N) is 1. The van der Waals surface area contributed by atoms with Gasteiger partial charge < -0.3 is 5.11 Å². The topological polar surface area (TPSA) is 61.1 Å². The molecule has 0 spiro atoms. The van der Waals surface area contributed by atoms with Crippen LogP contribution in [0.2, 0.25) is 0 Å². The smallest absolute Gasteiger partial charge is 0.328 e. The Kier molecular flexibility index (Phi) is 2.62.